The highest BCUT2D eigenvalue weighted by Crippen LogP contribution is 2.31. The van der Waals surface area contributed by atoms with E-state index < -0.39 is 0 Å². The number of nitrogens with zero attached hydrogens (tertiary/aromatic N) is 1. The smallest absolute Gasteiger partial charge is 0.231 e. The Morgan fingerprint density at radius 3 is 2.43 bits per heavy atom. The molecular weight excluding hydrogens is 326 g/mol. The van der Waals surface area contributed by atoms with Crippen LogP contribution in [0.5, 0.6) is 0 Å². The van der Waals surface area contributed by atoms with Gasteiger partial charge in [0, 0.05) is 16.7 Å². The Bertz CT molecular complexity index is 472. The third kappa shape index (κ3) is 4.84. The predicted octanol–water partition coefficient (Wildman–Crippen LogP) is 5.48. The van der Waals surface area contributed by atoms with Crippen molar-refractivity contribution in [1.29, 1.82) is 0 Å². The average molecular weight is 352 g/mol. The van der Waals surface area contributed by atoms with Crippen molar-refractivity contribution in [3.05, 3.63) is 28.2 Å². The van der Waals surface area contributed by atoms with Crippen molar-refractivity contribution in [3.63, 3.8) is 0 Å². The minimum absolute atomic E-state index is 0.256. The largest absolute Gasteiger partial charge is 0.312 e. The molecule has 0 N–H and O–H groups in total. The molecule has 1 aliphatic heterocycles. The molecule has 3 heteroatoms. The normalized spacial score (nSPS) is 13.8. The van der Waals surface area contributed by atoms with E-state index in [1.165, 1.54) is 44.9 Å². The zero-order valence-electron chi connectivity index (χ0n) is 13.0. The summed E-state index contributed by atoms with van der Waals surface area (Å²) in [6.45, 7) is 3.13. The molecule has 1 heterocycles. The Kier molecular flexibility index (Phi) is 6.75. The SMILES string of the molecule is CCCCCCCCCCN1C(=O)Cc2cc(Br)ccc21. The molecule has 1 amide bonds. The van der Waals surface area contributed by atoms with Gasteiger partial charge in [0.25, 0.3) is 0 Å². The first-order valence-electron chi connectivity index (χ1n) is 8.31. The average Bonchev–Trinajstić information content (AvgIpc) is 2.76. The molecule has 2 rings (SSSR count). The Hall–Kier alpha value is -0.830. The number of amides is 1. The molecule has 0 atom stereocenters. The van der Waals surface area contributed by atoms with Crippen LogP contribution in [0, 0.1) is 0 Å². The van der Waals surface area contributed by atoms with E-state index in [1.54, 1.807) is 0 Å². The van der Waals surface area contributed by atoms with Crippen molar-refractivity contribution in [2.45, 2.75) is 64.7 Å². The van der Waals surface area contributed by atoms with Gasteiger partial charge in [-0.3, -0.25) is 4.79 Å². The topological polar surface area (TPSA) is 20.3 Å². The highest BCUT2D eigenvalue weighted by molar-refractivity contribution is 9.10. The van der Waals surface area contributed by atoms with Crippen LogP contribution in [0.1, 0.15) is 63.9 Å². The number of halogens is 1. The lowest BCUT2D eigenvalue weighted by Crippen LogP contribution is -2.27. The van der Waals surface area contributed by atoms with Crippen LogP contribution in [0.3, 0.4) is 0 Å². The van der Waals surface area contributed by atoms with E-state index in [4.69, 9.17) is 0 Å². The fourth-order valence-electron chi connectivity index (χ4n) is 3.00. The number of rotatable bonds is 9. The maximum atomic E-state index is 12.1. The summed E-state index contributed by atoms with van der Waals surface area (Å²) in [5, 5.41) is 0. The van der Waals surface area contributed by atoms with Gasteiger partial charge in [-0.2, -0.15) is 0 Å². The molecule has 0 aliphatic carbocycles. The summed E-state index contributed by atoms with van der Waals surface area (Å²) in [6.07, 6.45) is 11.0. The summed E-state index contributed by atoms with van der Waals surface area (Å²) in [6, 6.07) is 6.16. The van der Waals surface area contributed by atoms with Crippen LogP contribution >= 0.6 is 15.9 Å². The quantitative estimate of drug-likeness (QED) is 0.539. The molecule has 0 radical (unpaired) electrons. The number of anilines is 1. The molecule has 1 aliphatic rings. The van der Waals surface area contributed by atoms with E-state index in [0.717, 1.165) is 28.7 Å². The number of carbonyl (C=O) groups is 1. The van der Waals surface area contributed by atoms with Crippen molar-refractivity contribution in [1.82, 2.24) is 0 Å². The number of hydrogen-bond donors (Lipinski definition) is 0. The van der Waals surface area contributed by atoms with Crippen LogP contribution in [-0.4, -0.2) is 12.5 Å². The molecule has 0 saturated carbocycles. The van der Waals surface area contributed by atoms with Gasteiger partial charge in [-0.1, -0.05) is 67.8 Å². The highest BCUT2D eigenvalue weighted by Gasteiger charge is 2.26. The molecule has 0 fully saturated rings. The second kappa shape index (κ2) is 8.57. The van der Waals surface area contributed by atoms with E-state index in [2.05, 4.69) is 35.0 Å². The third-order valence-corrected chi connectivity index (χ3v) is 4.70. The van der Waals surface area contributed by atoms with Crippen LogP contribution < -0.4 is 4.90 Å². The van der Waals surface area contributed by atoms with Crippen molar-refractivity contribution >= 4 is 27.5 Å². The molecule has 2 nitrogen and oxygen atoms in total. The van der Waals surface area contributed by atoms with Gasteiger partial charge in [0.15, 0.2) is 0 Å². The lowest BCUT2D eigenvalue weighted by atomic mass is 10.1. The second-order valence-corrected chi connectivity index (χ2v) is 6.89. The molecular formula is C18H26BrNO. The lowest BCUT2D eigenvalue weighted by Gasteiger charge is -2.17. The predicted molar refractivity (Wildman–Crippen MR) is 92.8 cm³/mol. The van der Waals surface area contributed by atoms with Gasteiger partial charge in [0.05, 0.1) is 6.42 Å². The summed E-state index contributed by atoms with van der Waals surface area (Å²) >= 11 is 3.47. The molecule has 0 aromatic heterocycles. The highest BCUT2D eigenvalue weighted by atomic mass is 79.9. The monoisotopic (exact) mass is 351 g/mol. The molecule has 116 valence electrons. The number of carbonyl (C=O) groups excluding carboxylic acids is 1. The van der Waals surface area contributed by atoms with Gasteiger partial charge >= 0.3 is 0 Å². The van der Waals surface area contributed by atoms with Crippen LogP contribution in [0.4, 0.5) is 5.69 Å². The lowest BCUT2D eigenvalue weighted by molar-refractivity contribution is -0.117. The number of unbranched alkanes of at least 4 members (excludes halogenated alkanes) is 7. The van der Waals surface area contributed by atoms with E-state index in [0.29, 0.717) is 6.42 Å². The number of hydrogen-bond acceptors (Lipinski definition) is 1. The standard InChI is InChI=1S/C18H26BrNO/c1-2-3-4-5-6-7-8-9-12-20-17-11-10-16(19)13-15(17)14-18(20)21/h10-11,13H,2-9,12,14H2,1H3. The summed E-state index contributed by atoms with van der Waals surface area (Å²) < 4.78 is 1.06. The molecule has 0 bridgehead atoms. The Morgan fingerprint density at radius 2 is 1.71 bits per heavy atom. The Labute approximate surface area is 137 Å². The van der Waals surface area contributed by atoms with Crippen molar-refractivity contribution in [2.75, 3.05) is 11.4 Å². The van der Waals surface area contributed by atoms with Crippen LogP contribution in [0.25, 0.3) is 0 Å². The minimum Gasteiger partial charge on any atom is -0.312 e. The fourth-order valence-corrected chi connectivity index (χ4v) is 3.41. The number of benzene rings is 1. The molecule has 0 spiro atoms. The van der Waals surface area contributed by atoms with Gasteiger partial charge in [-0.25, -0.2) is 0 Å². The fraction of sp³-hybridized carbons (Fsp3) is 0.611. The second-order valence-electron chi connectivity index (χ2n) is 5.97. The molecule has 1 aromatic rings. The zero-order valence-corrected chi connectivity index (χ0v) is 14.6. The first-order chi connectivity index (χ1) is 10.2. The van der Waals surface area contributed by atoms with Crippen LogP contribution in [0.15, 0.2) is 22.7 Å². The third-order valence-electron chi connectivity index (χ3n) is 4.21. The Balaban J connectivity index is 1.69. The van der Waals surface area contributed by atoms with Gasteiger partial charge in [-0.15, -0.1) is 0 Å². The molecule has 1 aromatic carbocycles. The van der Waals surface area contributed by atoms with E-state index >= 15 is 0 Å². The first kappa shape index (κ1) is 16.5. The van der Waals surface area contributed by atoms with Gasteiger partial charge in [0.2, 0.25) is 5.91 Å². The van der Waals surface area contributed by atoms with Crippen LogP contribution in [-0.2, 0) is 11.2 Å². The summed E-state index contributed by atoms with van der Waals surface area (Å²) in [4.78, 5) is 14.1. The van der Waals surface area contributed by atoms with Crippen molar-refractivity contribution in [2.24, 2.45) is 0 Å². The van der Waals surface area contributed by atoms with Crippen molar-refractivity contribution in [3.8, 4) is 0 Å². The summed E-state index contributed by atoms with van der Waals surface area (Å²) in [5.41, 5.74) is 2.28. The zero-order chi connectivity index (χ0) is 15.1. The minimum atomic E-state index is 0.256. The molecule has 21 heavy (non-hydrogen) atoms. The maximum Gasteiger partial charge on any atom is 0.231 e. The van der Waals surface area contributed by atoms with E-state index in [-0.39, 0.29) is 5.91 Å². The van der Waals surface area contributed by atoms with Crippen LogP contribution in [0.2, 0.25) is 0 Å². The molecule has 0 saturated heterocycles. The first-order valence-corrected chi connectivity index (χ1v) is 9.10. The maximum absolute atomic E-state index is 12.1. The molecule has 0 unspecified atom stereocenters. The summed E-state index contributed by atoms with van der Waals surface area (Å²) in [7, 11) is 0. The van der Waals surface area contributed by atoms with Gasteiger partial charge in [-0.05, 0) is 30.2 Å². The van der Waals surface area contributed by atoms with Gasteiger partial charge in [0.1, 0.15) is 0 Å². The van der Waals surface area contributed by atoms with Gasteiger partial charge < -0.3 is 4.90 Å². The number of fused-ring (bicyclic) bond motifs is 1. The Morgan fingerprint density at radius 1 is 1.05 bits per heavy atom. The summed E-state index contributed by atoms with van der Waals surface area (Å²) in [5.74, 6) is 0.256. The van der Waals surface area contributed by atoms with E-state index in [1.807, 2.05) is 11.0 Å². The van der Waals surface area contributed by atoms with Crippen molar-refractivity contribution < 1.29 is 4.79 Å². The van der Waals surface area contributed by atoms with E-state index in [9.17, 15) is 4.79 Å².